The number of rotatable bonds is 20. The zero-order valence-electron chi connectivity index (χ0n) is 45.2. The monoisotopic (exact) mass is 978 g/mol. The van der Waals surface area contributed by atoms with E-state index >= 15 is 8.78 Å². The van der Waals surface area contributed by atoms with Crippen molar-refractivity contribution in [3.63, 3.8) is 0 Å². The Morgan fingerprint density at radius 2 is 1.04 bits per heavy atom. The van der Waals surface area contributed by atoms with Crippen LogP contribution in [0.2, 0.25) is 0 Å². The van der Waals surface area contributed by atoms with Crippen molar-refractivity contribution in [3.05, 3.63) is 146 Å². The molecule has 4 aromatic carbocycles. The van der Waals surface area contributed by atoms with Crippen molar-refractivity contribution in [2.24, 2.45) is 16.2 Å². The number of nitrogen functional groups attached to an aromatic ring is 1. The van der Waals surface area contributed by atoms with E-state index in [0.29, 0.717) is 34.2 Å². The molecule has 0 fully saturated rings. The lowest BCUT2D eigenvalue weighted by molar-refractivity contribution is 0.207. The van der Waals surface area contributed by atoms with Crippen LogP contribution in [0.4, 0.5) is 23.2 Å². The van der Waals surface area contributed by atoms with Crippen LogP contribution in [0, 0.1) is 74.1 Å². The fraction of sp³-hybridized carbons (Fsp3) is 0.541. The van der Waals surface area contributed by atoms with Gasteiger partial charge in [-0.25, -0.2) is 17.6 Å². The summed E-state index contributed by atoms with van der Waals surface area (Å²) in [5, 5.41) is -0.355. The summed E-state index contributed by atoms with van der Waals surface area (Å²) >= 11 is 8.41. The number of nitrogens with two attached hydrogens (primary N) is 1. The van der Waals surface area contributed by atoms with E-state index in [2.05, 4.69) is 123 Å². The van der Waals surface area contributed by atoms with Gasteiger partial charge >= 0.3 is 0 Å². The second-order valence-electron chi connectivity index (χ2n) is 21.7. The molecule has 0 aliphatic carbocycles. The van der Waals surface area contributed by atoms with Crippen LogP contribution in [0.15, 0.2) is 61.7 Å². The highest BCUT2D eigenvalue weighted by Crippen LogP contribution is 2.48. The first kappa shape index (κ1) is 60.6. The average Bonchev–Trinajstić information content (AvgIpc) is 3.28. The standard InChI is InChI=1S/C31H44F2.C28H38ClF2NS.C2H6/c1-11-12-13-20(2)25-16-14-24(15-17-25)18-31(9,10)19-26(30(6,7)8)27-22(4)21(3)23(5)28(32)29(27)33;1-17(9-8-14-33-7)22-12-10-21(11-13-22)15-28(5,6)16-23(20(4)29)24-18(2)19(3)27(32)26(31)25(24)30;1-2/h14-17,26H,2,11-13,18-19H2,1,3-10H3;10-13,20,23H,1,8-9,14-16,32H2,2-7H3;1-2H3. The first-order chi connectivity index (χ1) is 31.6. The Bertz CT molecular complexity index is 2210. The van der Waals surface area contributed by atoms with Crippen LogP contribution in [-0.2, 0) is 12.8 Å². The van der Waals surface area contributed by atoms with Gasteiger partial charge in [-0.2, -0.15) is 11.8 Å². The van der Waals surface area contributed by atoms with Gasteiger partial charge in [0, 0.05) is 11.3 Å². The SMILES string of the molecule is C=C(CCCC)c1ccc(CC(C)(C)CC(c2c(C)c(C)c(C)c(F)c2F)C(C)(C)C)cc1.C=C(CCCSC)c1ccc(CC(C)(C)CC(c2c(C)c(C)c(N)c(F)c2F)C(C)Cl)cc1.CC. The number of halogens is 5. The number of anilines is 1. The second-order valence-corrected chi connectivity index (χ2v) is 23.4. The van der Waals surface area contributed by atoms with Gasteiger partial charge in [-0.05, 0) is 199 Å². The van der Waals surface area contributed by atoms with Crippen molar-refractivity contribution in [1.82, 2.24) is 0 Å². The molecular weight excluding hydrogens is 890 g/mol. The Balaban J connectivity index is 0.000000450. The van der Waals surface area contributed by atoms with E-state index < -0.39 is 23.3 Å². The van der Waals surface area contributed by atoms with E-state index in [-0.39, 0.29) is 39.1 Å². The van der Waals surface area contributed by atoms with E-state index in [1.807, 2.05) is 46.4 Å². The van der Waals surface area contributed by atoms with E-state index in [9.17, 15) is 8.78 Å². The van der Waals surface area contributed by atoms with Gasteiger partial charge in [-0.15, -0.1) is 11.6 Å². The Kier molecular flexibility index (Phi) is 23.8. The van der Waals surface area contributed by atoms with E-state index in [0.717, 1.165) is 67.4 Å². The number of hydrogen-bond donors (Lipinski definition) is 1. The van der Waals surface area contributed by atoms with Crippen LogP contribution >= 0.6 is 23.4 Å². The lowest BCUT2D eigenvalue weighted by Crippen LogP contribution is -2.28. The molecule has 0 amide bonds. The van der Waals surface area contributed by atoms with E-state index in [4.69, 9.17) is 17.3 Å². The minimum absolute atomic E-state index is 0.0766. The molecular formula is C61H88ClF4NS. The summed E-state index contributed by atoms with van der Waals surface area (Å²) in [5.41, 5.74) is 16.8. The summed E-state index contributed by atoms with van der Waals surface area (Å²) in [5.74, 6) is -2.47. The fourth-order valence-corrected chi connectivity index (χ4v) is 10.1. The summed E-state index contributed by atoms with van der Waals surface area (Å²) in [4.78, 5) is 0. The molecule has 1 nitrogen and oxygen atoms in total. The van der Waals surface area contributed by atoms with Crippen molar-refractivity contribution in [2.75, 3.05) is 17.7 Å². The van der Waals surface area contributed by atoms with Gasteiger partial charge in [0.25, 0.3) is 0 Å². The van der Waals surface area contributed by atoms with Gasteiger partial charge in [0.05, 0.1) is 5.69 Å². The summed E-state index contributed by atoms with van der Waals surface area (Å²) in [6, 6.07) is 17.3. The van der Waals surface area contributed by atoms with Crippen LogP contribution in [0.3, 0.4) is 0 Å². The lowest BCUT2D eigenvalue weighted by atomic mass is 9.66. The number of benzene rings is 4. The van der Waals surface area contributed by atoms with Crippen molar-refractivity contribution < 1.29 is 17.6 Å². The highest BCUT2D eigenvalue weighted by molar-refractivity contribution is 7.98. The van der Waals surface area contributed by atoms with Crippen LogP contribution in [0.5, 0.6) is 0 Å². The molecule has 0 saturated heterocycles. The third kappa shape index (κ3) is 16.6. The lowest BCUT2D eigenvalue weighted by Gasteiger charge is -2.39. The molecule has 4 aromatic rings. The largest absolute Gasteiger partial charge is 0.396 e. The number of unbranched alkanes of at least 4 members (excludes halogenated alkanes) is 1. The minimum atomic E-state index is -0.971. The van der Waals surface area contributed by atoms with Crippen LogP contribution in [-0.4, -0.2) is 17.4 Å². The molecule has 0 aliphatic rings. The molecule has 378 valence electrons. The van der Waals surface area contributed by atoms with Crippen LogP contribution in [0.1, 0.15) is 194 Å². The Morgan fingerprint density at radius 3 is 1.47 bits per heavy atom. The molecule has 0 heterocycles. The minimum Gasteiger partial charge on any atom is -0.396 e. The first-order valence-corrected chi connectivity index (χ1v) is 26.8. The van der Waals surface area contributed by atoms with Crippen molar-refractivity contribution in [1.29, 1.82) is 0 Å². The molecule has 3 atom stereocenters. The van der Waals surface area contributed by atoms with Crippen molar-refractivity contribution in [3.8, 4) is 0 Å². The molecule has 0 bridgehead atoms. The molecule has 4 rings (SSSR count). The maximum atomic E-state index is 15.3. The predicted octanol–water partition coefficient (Wildman–Crippen LogP) is 19.6. The third-order valence-electron chi connectivity index (χ3n) is 13.9. The second kappa shape index (κ2) is 26.7. The normalized spacial score (nSPS) is 13.2. The highest BCUT2D eigenvalue weighted by atomic mass is 35.5. The maximum Gasteiger partial charge on any atom is 0.182 e. The summed E-state index contributed by atoms with van der Waals surface area (Å²) in [7, 11) is 0. The number of alkyl halides is 1. The van der Waals surface area contributed by atoms with Gasteiger partial charge in [0.1, 0.15) is 0 Å². The number of thioether (sulfide) groups is 1. The fourth-order valence-electron chi connectivity index (χ4n) is 9.48. The molecule has 68 heavy (non-hydrogen) atoms. The third-order valence-corrected chi connectivity index (χ3v) is 14.9. The van der Waals surface area contributed by atoms with Gasteiger partial charge in [-0.3, -0.25) is 0 Å². The maximum absolute atomic E-state index is 15.3. The zero-order valence-corrected chi connectivity index (χ0v) is 46.8. The highest BCUT2D eigenvalue weighted by Gasteiger charge is 2.37. The summed E-state index contributed by atoms with van der Waals surface area (Å²) in [6.45, 7) is 40.8. The van der Waals surface area contributed by atoms with Crippen molar-refractivity contribution in [2.45, 2.75) is 186 Å². The Morgan fingerprint density at radius 1 is 0.618 bits per heavy atom. The van der Waals surface area contributed by atoms with Gasteiger partial charge < -0.3 is 5.73 Å². The number of allylic oxidation sites excluding steroid dienone is 2. The Hall–Kier alpha value is -3.48. The van der Waals surface area contributed by atoms with E-state index in [1.165, 1.54) is 34.2 Å². The molecule has 7 heteroatoms. The van der Waals surface area contributed by atoms with Crippen LogP contribution in [0.25, 0.3) is 11.1 Å². The first-order valence-electron chi connectivity index (χ1n) is 24.9. The van der Waals surface area contributed by atoms with E-state index in [1.54, 1.807) is 20.8 Å². The molecule has 3 unspecified atom stereocenters. The predicted molar refractivity (Wildman–Crippen MR) is 295 cm³/mol. The molecule has 0 saturated carbocycles. The zero-order chi connectivity index (χ0) is 52.1. The molecule has 0 radical (unpaired) electrons. The molecule has 0 aliphatic heterocycles. The van der Waals surface area contributed by atoms with Gasteiger partial charge in [-0.1, -0.05) is 137 Å². The summed E-state index contributed by atoms with van der Waals surface area (Å²) < 4.78 is 59.6. The molecule has 2 N–H and O–H groups in total. The molecule has 0 spiro atoms. The summed E-state index contributed by atoms with van der Waals surface area (Å²) in [6.07, 6.45) is 10.7. The Labute approximate surface area is 421 Å². The quantitative estimate of drug-likeness (QED) is 0.0413. The van der Waals surface area contributed by atoms with Crippen molar-refractivity contribution >= 4 is 40.2 Å². The number of hydrogen-bond acceptors (Lipinski definition) is 2. The van der Waals surface area contributed by atoms with Gasteiger partial charge in [0.15, 0.2) is 23.3 Å². The topological polar surface area (TPSA) is 26.0 Å². The smallest absolute Gasteiger partial charge is 0.182 e. The molecule has 0 aromatic heterocycles. The van der Waals surface area contributed by atoms with Crippen LogP contribution < -0.4 is 5.73 Å². The average molecular weight is 979 g/mol. The van der Waals surface area contributed by atoms with Gasteiger partial charge in [0.2, 0.25) is 0 Å².